The number of hydrogen-bond donors (Lipinski definition) is 1. The predicted molar refractivity (Wildman–Crippen MR) is 69.4 cm³/mol. The van der Waals surface area contributed by atoms with E-state index in [9.17, 15) is 0 Å². The number of rotatable bonds is 7. The van der Waals surface area contributed by atoms with Gasteiger partial charge in [-0.3, -0.25) is 0 Å². The minimum Gasteiger partial charge on any atom is -0.375 e. The Bertz CT molecular complexity index is 325. The van der Waals surface area contributed by atoms with Crippen LogP contribution in [0.25, 0.3) is 0 Å². The third kappa shape index (κ3) is 4.64. The lowest BCUT2D eigenvalue weighted by Crippen LogP contribution is -2.21. The van der Waals surface area contributed by atoms with Gasteiger partial charge < -0.3 is 10.1 Å². The van der Waals surface area contributed by atoms with Gasteiger partial charge in [0.05, 0.1) is 13.2 Å². The van der Waals surface area contributed by atoms with Crippen molar-refractivity contribution < 1.29 is 4.74 Å². The van der Waals surface area contributed by atoms with Gasteiger partial charge in [0, 0.05) is 11.0 Å². The smallest absolute Gasteiger partial charge is 0.0717 e. The highest BCUT2D eigenvalue weighted by atomic mass is 79.9. The van der Waals surface area contributed by atoms with Crippen molar-refractivity contribution in [1.82, 2.24) is 5.32 Å². The van der Waals surface area contributed by atoms with Crippen molar-refractivity contribution in [2.24, 2.45) is 5.92 Å². The first-order chi connectivity index (χ1) is 7.84. The Morgan fingerprint density at radius 3 is 3.00 bits per heavy atom. The van der Waals surface area contributed by atoms with Crippen molar-refractivity contribution in [3.63, 3.8) is 0 Å². The van der Waals surface area contributed by atoms with E-state index in [4.69, 9.17) is 4.74 Å². The molecule has 1 aromatic rings. The van der Waals surface area contributed by atoms with E-state index in [1.54, 1.807) is 0 Å². The maximum atomic E-state index is 5.59. The summed E-state index contributed by atoms with van der Waals surface area (Å²) in [7, 11) is 0. The molecule has 0 unspecified atom stereocenters. The van der Waals surface area contributed by atoms with Gasteiger partial charge in [0.25, 0.3) is 0 Å². The zero-order valence-corrected chi connectivity index (χ0v) is 11.0. The lowest BCUT2D eigenvalue weighted by Gasteiger charge is -2.06. The molecular formula is C13H18BrNO. The molecule has 16 heavy (non-hydrogen) atoms. The fraction of sp³-hybridized carbons (Fsp3) is 0.538. The van der Waals surface area contributed by atoms with E-state index in [-0.39, 0.29) is 0 Å². The lowest BCUT2D eigenvalue weighted by molar-refractivity contribution is 0.122. The third-order valence-corrected chi connectivity index (χ3v) is 3.20. The van der Waals surface area contributed by atoms with Crippen LogP contribution in [0.5, 0.6) is 0 Å². The second-order valence-electron chi connectivity index (χ2n) is 4.33. The van der Waals surface area contributed by atoms with Gasteiger partial charge in [0.1, 0.15) is 0 Å². The summed E-state index contributed by atoms with van der Waals surface area (Å²) in [6.45, 7) is 3.62. The van der Waals surface area contributed by atoms with Crippen molar-refractivity contribution in [3.05, 3.63) is 34.3 Å². The zero-order chi connectivity index (χ0) is 11.2. The first-order valence-electron chi connectivity index (χ1n) is 5.87. The van der Waals surface area contributed by atoms with Crippen LogP contribution in [-0.2, 0) is 11.3 Å². The highest BCUT2D eigenvalue weighted by Crippen LogP contribution is 2.27. The van der Waals surface area contributed by atoms with Gasteiger partial charge in [-0.05, 0) is 43.0 Å². The fourth-order valence-corrected chi connectivity index (χ4v) is 2.04. The van der Waals surface area contributed by atoms with Crippen molar-refractivity contribution in [2.45, 2.75) is 19.4 Å². The molecule has 1 aromatic carbocycles. The molecule has 0 amide bonds. The number of ether oxygens (including phenoxy) is 1. The van der Waals surface area contributed by atoms with E-state index in [1.807, 2.05) is 12.1 Å². The summed E-state index contributed by atoms with van der Waals surface area (Å²) in [6.07, 6.45) is 2.82. The van der Waals surface area contributed by atoms with Crippen LogP contribution in [0.3, 0.4) is 0 Å². The molecular weight excluding hydrogens is 266 g/mol. The molecule has 0 atom stereocenters. The average molecular weight is 284 g/mol. The molecule has 1 saturated carbocycles. The van der Waals surface area contributed by atoms with E-state index in [1.165, 1.54) is 24.9 Å². The molecule has 0 spiro atoms. The average Bonchev–Trinajstić information content (AvgIpc) is 3.07. The largest absolute Gasteiger partial charge is 0.375 e. The summed E-state index contributed by atoms with van der Waals surface area (Å²) in [5.41, 5.74) is 1.22. The summed E-state index contributed by atoms with van der Waals surface area (Å²) in [6, 6.07) is 8.24. The van der Waals surface area contributed by atoms with Crippen LogP contribution in [-0.4, -0.2) is 19.7 Å². The SMILES string of the molecule is Brc1cccc(COCCNCC2CC2)c1. The third-order valence-electron chi connectivity index (χ3n) is 2.71. The van der Waals surface area contributed by atoms with Crippen LogP contribution in [0.15, 0.2) is 28.7 Å². The van der Waals surface area contributed by atoms with Crippen LogP contribution in [0.1, 0.15) is 18.4 Å². The second kappa shape index (κ2) is 6.38. The van der Waals surface area contributed by atoms with E-state index in [0.717, 1.165) is 23.5 Å². The Balaban J connectivity index is 1.53. The minimum atomic E-state index is 0.699. The second-order valence-corrected chi connectivity index (χ2v) is 5.25. The van der Waals surface area contributed by atoms with Gasteiger partial charge in [-0.15, -0.1) is 0 Å². The molecule has 2 nitrogen and oxygen atoms in total. The Labute approximate surface area is 106 Å². The summed E-state index contributed by atoms with van der Waals surface area (Å²) < 4.78 is 6.71. The van der Waals surface area contributed by atoms with Crippen LogP contribution in [0.2, 0.25) is 0 Å². The molecule has 2 rings (SSSR count). The molecule has 1 fully saturated rings. The minimum absolute atomic E-state index is 0.699. The fourth-order valence-electron chi connectivity index (χ4n) is 1.59. The standard InChI is InChI=1S/C13H18BrNO/c14-13-3-1-2-12(8-13)10-16-7-6-15-9-11-4-5-11/h1-3,8,11,15H,4-7,9-10H2. The van der Waals surface area contributed by atoms with Crippen molar-refractivity contribution in [1.29, 1.82) is 0 Å². The highest BCUT2D eigenvalue weighted by molar-refractivity contribution is 9.10. The quantitative estimate of drug-likeness (QED) is 0.777. The Morgan fingerprint density at radius 2 is 2.25 bits per heavy atom. The van der Waals surface area contributed by atoms with Crippen LogP contribution in [0.4, 0.5) is 0 Å². The monoisotopic (exact) mass is 283 g/mol. The normalized spacial score (nSPS) is 15.3. The molecule has 0 saturated heterocycles. The van der Waals surface area contributed by atoms with Crippen molar-refractivity contribution in [3.8, 4) is 0 Å². The number of benzene rings is 1. The molecule has 0 heterocycles. The summed E-state index contributed by atoms with van der Waals surface area (Å²) in [5, 5.41) is 3.41. The van der Waals surface area contributed by atoms with Crippen LogP contribution < -0.4 is 5.32 Å². The molecule has 88 valence electrons. The van der Waals surface area contributed by atoms with Crippen LogP contribution >= 0.6 is 15.9 Å². The van der Waals surface area contributed by atoms with E-state index < -0.39 is 0 Å². The van der Waals surface area contributed by atoms with Gasteiger partial charge in [-0.1, -0.05) is 28.1 Å². The summed E-state index contributed by atoms with van der Waals surface area (Å²) >= 11 is 3.45. The highest BCUT2D eigenvalue weighted by Gasteiger charge is 2.19. The topological polar surface area (TPSA) is 21.3 Å². The van der Waals surface area contributed by atoms with E-state index in [0.29, 0.717) is 6.61 Å². The molecule has 0 aromatic heterocycles. The van der Waals surface area contributed by atoms with Crippen LogP contribution in [0, 0.1) is 5.92 Å². The molecule has 1 aliphatic carbocycles. The first-order valence-corrected chi connectivity index (χ1v) is 6.67. The van der Waals surface area contributed by atoms with Gasteiger partial charge in [0.15, 0.2) is 0 Å². The van der Waals surface area contributed by atoms with E-state index in [2.05, 4.69) is 33.4 Å². The summed E-state index contributed by atoms with van der Waals surface area (Å²) in [5.74, 6) is 0.949. The molecule has 1 aliphatic rings. The zero-order valence-electron chi connectivity index (χ0n) is 9.42. The number of nitrogens with one attached hydrogen (secondary N) is 1. The van der Waals surface area contributed by atoms with Crippen molar-refractivity contribution >= 4 is 15.9 Å². The summed E-state index contributed by atoms with van der Waals surface area (Å²) in [4.78, 5) is 0. The Hall–Kier alpha value is -0.380. The molecule has 3 heteroatoms. The van der Waals surface area contributed by atoms with E-state index >= 15 is 0 Å². The Morgan fingerprint density at radius 1 is 1.38 bits per heavy atom. The maximum Gasteiger partial charge on any atom is 0.0717 e. The maximum absolute atomic E-state index is 5.59. The van der Waals surface area contributed by atoms with Gasteiger partial charge in [-0.2, -0.15) is 0 Å². The molecule has 1 N–H and O–H groups in total. The Kier molecular flexibility index (Phi) is 4.82. The molecule has 0 radical (unpaired) electrons. The molecule has 0 aliphatic heterocycles. The number of halogens is 1. The van der Waals surface area contributed by atoms with Crippen molar-refractivity contribution in [2.75, 3.05) is 19.7 Å². The predicted octanol–water partition coefficient (Wildman–Crippen LogP) is 2.97. The lowest BCUT2D eigenvalue weighted by atomic mass is 10.2. The van der Waals surface area contributed by atoms with Gasteiger partial charge in [-0.25, -0.2) is 0 Å². The van der Waals surface area contributed by atoms with Gasteiger partial charge in [0.2, 0.25) is 0 Å². The first kappa shape index (κ1) is 12.1. The molecule has 0 bridgehead atoms. The number of hydrogen-bond acceptors (Lipinski definition) is 2. The van der Waals surface area contributed by atoms with Gasteiger partial charge >= 0.3 is 0 Å².